The fourth-order valence-electron chi connectivity index (χ4n) is 3.02. The minimum Gasteiger partial charge on any atom is -0.508 e. The zero-order valence-electron chi connectivity index (χ0n) is 19.4. The van der Waals surface area contributed by atoms with Gasteiger partial charge in [0.25, 0.3) is 0 Å². The van der Waals surface area contributed by atoms with Gasteiger partial charge in [0.1, 0.15) is 23.9 Å². The first-order valence-corrected chi connectivity index (χ1v) is 11.5. The standard InChI is InChI=1S/C22H34N4O7S/c1-4-11(2)17(25-21(31)18(12(3)27)26-19(29)15(23)10-34)20(30)24-16(22(32)33)9-13-5-7-14(28)8-6-13/h5-8,11-12,15-18,27-28,34H,4,9-10,23H2,1-3H3,(H,24,30)(H,25,31)(H,26,29)(H,32,33). The Kier molecular flexibility index (Phi) is 11.8. The monoisotopic (exact) mass is 498 g/mol. The normalized spacial score (nSPS) is 16.3. The van der Waals surface area contributed by atoms with Crippen LogP contribution in [0.1, 0.15) is 32.8 Å². The third-order valence-electron chi connectivity index (χ3n) is 5.38. The lowest BCUT2D eigenvalue weighted by molar-refractivity contribution is -0.142. The second-order valence-electron chi connectivity index (χ2n) is 8.16. The molecule has 0 aliphatic heterocycles. The molecular formula is C22H34N4O7S. The number of carboxylic acids is 1. The van der Waals surface area contributed by atoms with Crippen LogP contribution in [0, 0.1) is 5.92 Å². The summed E-state index contributed by atoms with van der Waals surface area (Å²) < 4.78 is 0. The molecule has 0 aliphatic carbocycles. The van der Waals surface area contributed by atoms with E-state index in [9.17, 15) is 34.5 Å². The number of thiol groups is 1. The Hall–Kier alpha value is -2.83. The van der Waals surface area contributed by atoms with Gasteiger partial charge >= 0.3 is 5.97 Å². The average molecular weight is 499 g/mol. The summed E-state index contributed by atoms with van der Waals surface area (Å²) in [6, 6.07) is 1.09. The van der Waals surface area contributed by atoms with Crippen molar-refractivity contribution in [3.8, 4) is 5.75 Å². The summed E-state index contributed by atoms with van der Waals surface area (Å²) in [5, 5.41) is 36.3. The second kappa shape index (κ2) is 13.8. The minimum atomic E-state index is -1.38. The number of hydrogen-bond donors (Lipinski definition) is 8. The van der Waals surface area contributed by atoms with Crippen LogP contribution in [0.5, 0.6) is 5.75 Å². The molecule has 34 heavy (non-hydrogen) atoms. The van der Waals surface area contributed by atoms with E-state index in [2.05, 4.69) is 28.6 Å². The molecule has 1 aromatic rings. The van der Waals surface area contributed by atoms with E-state index >= 15 is 0 Å². The van der Waals surface area contributed by atoms with Gasteiger partial charge in [0.05, 0.1) is 12.1 Å². The van der Waals surface area contributed by atoms with Gasteiger partial charge in [0.15, 0.2) is 0 Å². The Labute approximate surface area is 203 Å². The Morgan fingerprint density at radius 1 is 0.971 bits per heavy atom. The number of hydrogen-bond acceptors (Lipinski definition) is 8. The highest BCUT2D eigenvalue weighted by Gasteiger charge is 2.34. The highest BCUT2D eigenvalue weighted by molar-refractivity contribution is 7.80. The van der Waals surface area contributed by atoms with Crippen LogP contribution in [0.25, 0.3) is 0 Å². The van der Waals surface area contributed by atoms with E-state index in [1.54, 1.807) is 13.8 Å². The van der Waals surface area contributed by atoms with Crippen molar-refractivity contribution < 1.29 is 34.5 Å². The van der Waals surface area contributed by atoms with Gasteiger partial charge in [0.2, 0.25) is 17.7 Å². The van der Waals surface area contributed by atoms with E-state index in [-0.39, 0.29) is 17.9 Å². The number of nitrogens with two attached hydrogens (primary N) is 1. The number of phenolic OH excluding ortho intramolecular Hbond substituents is 1. The maximum absolute atomic E-state index is 13.0. The van der Waals surface area contributed by atoms with Crippen LogP contribution in [0.4, 0.5) is 0 Å². The third kappa shape index (κ3) is 8.84. The summed E-state index contributed by atoms with van der Waals surface area (Å²) in [5.74, 6) is -3.86. The van der Waals surface area contributed by atoms with Gasteiger partial charge in [-0.05, 0) is 30.5 Å². The summed E-state index contributed by atoms with van der Waals surface area (Å²) in [6.45, 7) is 4.79. The van der Waals surface area contributed by atoms with Crippen LogP contribution in [-0.4, -0.2) is 75.0 Å². The molecule has 1 aromatic carbocycles. The maximum atomic E-state index is 13.0. The van der Waals surface area contributed by atoms with E-state index < -0.39 is 59.9 Å². The molecule has 0 fully saturated rings. The topological polar surface area (TPSA) is 191 Å². The molecule has 8 N–H and O–H groups in total. The fraction of sp³-hybridized carbons (Fsp3) is 0.545. The SMILES string of the molecule is CCC(C)C(NC(=O)C(NC(=O)C(N)CS)C(C)O)C(=O)NC(Cc1ccc(O)cc1)C(=O)O. The van der Waals surface area contributed by atoms with E-state index in [1.807, 2.05) is 0 Å². The largest absolute Gasteiger partial charge is 0.508 e. The molecule has 190 valence electrons. The average Bonchev–Trinajstić information content (AvgIpc) is 2.79. The number of aliphatic carboxylic acids is 1. The van der Waals surface area contributed by atoms with E-state index in [1.165, 1.54) is 31.2 Å². The van der Waals surface area contributed by atoms with Crippen molar-refractivity contribution >= 4 is 36.3 Å². The number of carbonyl (C=O) groups excluding carboxylic acids is 3. The molecule has 11 nitrogen and oxygen atoms in total. The number of amides is 3. The molecule has 0 saturated heterocycles. The first kappa shape index (κ1) is 29.2. The molecule has 0 aromatic heterocycles. The number of aliphatic hydroxyl groups is 1. The summed E-state index contributed by atoms with van der Waals surface area (Å²) in [4.78, 5) is 49.7. The van der Waals surface area contributed by atoms with Gasteiger partial charge in [0, 0.05) is 12.2 Å². The summed E-state index contributed by atoms with van der Waals surface area (Å²) in [5.41, 5.74) is 6.18. The van der Waals surface area contributed by atoms with Gasteiger partial charge in [-0.25, -0.2) is 4.79 Å². The van der Waals surface area contributed by atoms with Gasteiger partial charge in [-0.2, -0.15) is 12.6 Å². The molecule has 0 radical (unpaired) electrons. The molecule has 0 aliphatic rings. The number of rotatable bonds is 13. The molecule has 1 rings (SSSR count). The quantitative estimate of drug-likeness (QED) is 0.161. The highest BCUT2D eigenvalue weighted by atomic mass is 32.1. The minimum absolute atomic E-state index is 0.0225. The molecule has 12 heteroatoms. The lowest BCUT2D eigenvalue weighted by Crippen LogP contribution is -2.61. The van der Waals surface area contributed by atoms with E-state index in [0.29, 0.717) is 12.0 Å². The van der Waals surface area contributed by atoms with Crippen molar-refractivity contribution in [2.24, 2.45) is 11.7 Å². The number of aliphatic hydroxyl groups excluding tert-OH is 1. The van der Waals surface area contributed by atoms with Crippen molar-refractivity contribution in [1.82, 2.24) is 16.0 Å². The molecule has 0 saturated carbocycles. The van der Waals surface area contributed by atoms with Crippen LogP contribution in [0.3, 0.4) is 0 Å². The molecule has 0 heterocycles. The maximum Gasteiger partial charge on any atom is 0.326 e. The van der Waals surface area contributed by atoms with Crippen LogP contribution in [-0.2, 0) is 25.6 Å². The molecule has 6 atom stereocenters. The number of nitrogens with one attached hydrogen (secondary N) is 3. The Bertz CT molecular complexity index is 850. The summed E-state index contributed by atoms with van der Waals surface area (Å²) in [7, 11) is 0. The highest BCUT2D eigenvalue weighted by Crippen LogP contribution is 2.13. The first-order valence-electron chi connectivity index (χ1n) is 10.9. The van der Waals surface area contributed by atoms with Gasteiger partial charge < -0.3 is 37.0 Å². The lowest BCUT2D eigenvalue weighted by Gasteiger charge is -2.29. The van der Waals surface area contributed by atoms with Gasteiger partial charge in [-0.15, -0.1) is 0 Å². The smallest absolute Gasteiger partial charge is 0.326 e. The number of aromatic hydroxyl groups is 1. The molecule has 0 bridgehead atoms. The number of carboxylic acid groups (broad SMARTS) is 1. The second-order valence-corrected chi connectivity index (χ2v) is 8.52. The first-order chi connectivity index (χ1) is 15.9. The number of phenols is 1. The summed E-state index contributed by atoms with van der Waals surface area (Å²) >= 11 is 3.93. The molecular weight excluding hydrogens is 464 g/mol. The van der Waals surface area contributed by atoms with E-state index in [0.717, 1.165) is 0 Å². The molecule has 0 spiro atoms. The Morgan fingerprint density at radius 2 is 1.50 bits per heavy atom. The van der Waals surface area contributed by atoms with Gasteiger partial charge in [-0.3, -0.25) is 14.4 Å². The van der Waals surface area contributed by atoms with E-state index in [4.69, 9.17) is 5.73 Å². The van der Waals surface area contributed by atoms with Crippen molar-refractivity contribution in [3.63, 3.8) is 0 Å². The Balaban J connectivity index is 3.01. The Morgan fingerprint density at radius 3 is 1.97 bits per heavy atom. The zero-order valence-corrected chi connectivity index (χ0v) is 20.3. The lowest BCUT2D eigenvalue weighted by atomic mass is 9.96. The number of carbonyl (C=O) groups is 4. The van der Waals surface area contributed by atoms with Crippen molar-refractivity contribution in [1.29, 1.82) is 0 Å². The van der Waals surface area contributed by atoms with Crippen molar-refractivity contribution in [2.45, 2.75) is 63.9 Å². The van der Waals surface area contributed by atoms with Crippen molar-refractivity contribution in [3.05, 3.63) is 29.8 Å². The molecule has 6 unspecified atom stereocenters. The van der Waals surface area contributed by atoms with Crippen LogP contribution < -0.4 is 21.7 Å². The van der Waals surface area contributed by atoms with Crippen LogP contribution in [0.2, 0.25) is 0 Å². The van der Waals surface area contributed by atoms with Crippen LogP contribution >= 0.6 is 12.6 Å². The zero-order chi connectivity index (χ0) is 26.0. The summed E-state index contributed by atoms with van der Waals surface area (Å²) in [6.07, 6.45) is -0.862. The van der Waals surface area contributed by atoms with Crippen molar-refractivity contribution in [2.75, 3.05) is 5.75 Å². The predicted molar refractivity (Wildman–Crippen MR) is 128 cm³/mol. The van der Waals surface area contributed by atoms with Crippen LogP contribution in [0.15, 0.2) is 24.3 Å². The predicted octanol–water partition coefficient (Wildman–Crippen LogP) is -0.842. The fourth-order valence-corrected chi connectivity index (χ4v) is 3.19. The molecule has 3 amide bonds. The van der Waals surface area contributed by atoms with Gasteiger partial charge in [-0.1, -0.05) is 32.4 Å². The number of benzene rings is 1. The third-order valence-corrected chi connectivity index (χ3v) is 5.77.